The van der Waals surface area contributed by atoms with Gasteiger partial charge in [-0.2, -0.15) is 0 Å². The van der Waals surface area contributed by atoms with Crippen molar-refractivity contribution in [3.05, 3.63) is 36.4 Å². The molecule has 0 aliphatic rings. The van der Waals surface area contributed by atoms with Gasteiger partial charge in [0.1, 0.15) is 17.2 Å². The number of ether oxygens (including phenoxy) is 2. The number of benzene rings is 1. The first-order valence-electron chi connectivity index (χ1n) is 9.30. The van der Waals surface area contributed by atoms with Crippen LogP contribution in [-0.4, -0.2) is 41.4 Å². The van der Waals surface area contributed by atoms with Crippen LogP contribution in [0.4, 0.5) is 27.8 Å². The minimum absolute atomic E-state index is 0.0374. The van der Waals surface area contributed by atoms with E-state index >= 15 is 0 Å². The SMILES string of the molecule is COC(=O)OC(C)OP(=O)(O)Oc1ccccc1N=Nc1ccc(NC(=O)[C@H](C)N)nc1N. The topological polar surface area (TPSA) is 210 Å². The minimum atomic E-state index is -4.72. The fourth-order valence-corrected chi connectivity index (χ4v) is 2.99. The van der Waals surface area contributed by atoms with Gasteiger partial charge in [-0.1, -0.05) is 12.1 Å². The van der Waals surface area contributed by atoms with E-state index in [1.54, 1.807) is 6.07 Å². The number of methoxy groups -OCH3 is 1. The van der Waals surface area contributed by atoms with E-state index in [0.717, 1.165) is 7.11 Å². The Morgan fingerprint density at radius 2 is 1.82 bits per heavy atom. The van der Waals surface area contributed by atoms with Crippen LogP contribution in [0.3, 0.4) is 0 Å². The number of phosphoric acid groups is 1. The van der Waals surface area contributed by atoms with Crippen LogP contribution in [0, 0.1) is 0 Å². The predicted octanol–water partition coefficient (Wildman–Crippen LogP) is 2.99. The third-order valence-electron chi connectivity index (χ3n) is 3.62. The minimum Gasteiger partial charge on any atom is -0.438 e. The zero-order chi connectivity index (χ0) is 24.6. The van der Waals surface area contributed by atoms with Gasteiger partial charge in [-0.25, -0.2) is 18.9 Å². The standard InChI is InChI=1S/C18H23N6O8P/c1-10(19)17(25)22-15-9-8-13(16(20)21-15)24-23-12-6-4-5-7-14(12)32-33(27,28)31-11(2)30-18(26)29-3/h4-11H,19H2,1-3H3,(H,27,28)(H3,20,21,22,25)/t10-,11?/m0/s1. The number of hydrogen-bond donors (Lipinski definition) is 4. The highest BCUT2D eigenvalue weighted by atomic mass is 31.2. The smallest absolute Gasteiger partial charge is 0.438 e. The Bertz CT molecular complexity index is 1080. The molecule has 1 amide bonds. The highest BCUT2D eigenvalue weighted by molar-refractivity contribution is 7.47. The van der Waals surface area contributed by atoms with E-state index in [1.807, 2.05) is 0 Å². The zero-order valence-corrected chi connectivity index (χ0v) is 18.8. The number of azo groups is 1. The van der Waals surface area contributed by atoms with Crippen LogP contribution in [0.2, 0.25) is 0 Å². The van der Waals surface area contributed by atoms with Crippen molar-refractivity contribution in [2.45, 2.75) is 26.2 Å². The van der Waals surface area contributed by atoms with E-state index in [0.29, 0.717) is 0 Å². The normalized spacial score (nSPS) is 14.7. The molecule has 33 heavy (non-hydrogen) atoms. The van der Waals surface area contributed by atoms with Crippen LogP contribution >= 0.6 is 7.82 Å². The van der Waals surface area contributed by atoms with Gasteiger partial charge in [0, 0.05) is 0 Å². The summed E-state index contributed by atoms with van der Waals surface area (Å²) < 4.78 is 30.9. The molecular weight excluding hydrogens is 459 g/mol. The zero-order valence-electron chi connectivity index (χ0n) is 17.9. The molecule has 0 aliphatic heterocycles. The van der Waals surface area contributed by atoms with Crippen LogP contribution in [0.15, 0.2) is 46.6 Å². The average molecular weight is 482 g/mol. The van der Waals surface area contributed by atoms with Crippen molar-refractivity contribution in [1.29, 1.82) is 0 Å². The van der Waals surface area contributed by atoms with E-state index in [-0.39, 0.29) is 28.8 Å². The lowest BCUT2D eigenvalue weighted by molar-refractivity contribution is -0.117. The number of anilines is 2. The number of pyridine rings is 1. The number of carbonyl (C=O) groups is 2. The molecule has 15 heteroatoms. The largest absolute Gasteiger partial charge is 0.530 e. The summed E-state index contributed by atoms with van der Waals surface area (Å²) >= 11 is 0. The summed E-state index contributed by atoms with van der Waals surface area (Å²) in [7, 11) is -3.65. The summed E-state index contributed by atoms with van der Waals surface area (Å²) in [5.41, 5.74) is 11.6. The molecule has 1 heterocycles. The lowest BCUT2D eigenvalue weighted by atomic mass is 10.3. The lowest BCUT2D eigenvalue weighted by Gasteiger charge is -2.18. The quantitative estimate of drug-likeness (QED) is 0.176. The number of aromatic nitrogens is 1. The van der Waals surface area contributed by atoms with Crippen LogP contribution in [0.5, 0.6) is 5.75 Å². The predicted molar refractivity (Wildman–Crippen MR) is 116 cm³/mol. The summed E-state index contributed by atoms with van der Waals surface area (Å²) in [6.07, 6.45) is -2.54. The number of nitrogens with two attached hydrogens (primary N) is 2. The molecule has 2 aromatic rings. The van der Waals surface area contributed by atoms with Crippen LogP contribution in [-0.2, 0) is 23.4 Å². The van der Waals surface area contributed by atoms with Crippen molar-refractivity contribution in [3.63, 3.8) is 0 Å². The van der Waals surface area contributed by atoms with Crippen molar-refractivity contribution >= 4 is 42.9 Å². The Hall–Kier alpha value is -3.58. The molecule has 14 nitrogen and oxygen atoms in total. The molecule has 1 aromatic carbocycles. The molecule has 1 aromatic heterocycles. The van der Waals surface area contributed by atoms with Crippen LogP contribution in [0.25, 0.3) is 0 Å². The molecule has 0 aliphatic carbocycles. The second-order valence-corrected chi connectivity index (χ2v) is 7.68. The number of para-hydroxylation sites is 1. The first-order chi connectivity index (χ1) is 15.5. The highest BCUT2D eigenvalue weighted by Crippen LogP contribution is 2.48. The van der Waals surface area contributed by atoms with E-state index in [4.69, 9.17) is 20.5 Å². The number of nitrogen functional groups attached to an aromatic ring is 1. The van der Waals surface area contributed by atoms with Gasteiger partial charge in [-0.3, -0.25) is 9.69 Å². The van der Waals surface area contributed by atoms with Crippen LogP contribution in [0.1, 0.15) is 13.8 Å². The molecular formula is C18H23N6O8P. The van der Waals surface area contributed by atoms with Gasteiger partial charge in [-0.15, -0.1) is 10.2 Å². The molecule has 0 saturated heterocycles. The molecule has 0 radical (unpaired) electrons. The molecule has 2 unspecified atom stereocenters. The van der Waals surface area contributed by atoms with Crippen molar-refractivity contribution in [3.8, 4) is 5.75 Å². The number of carbonyl (C=O) groups excluding carboxylic acids is 2. The number of nitrogens with one attached hydrogen (secondary N) is 1. The Kier molecular flexibility index (Phi) is 8.82. The molecule has 178 valence electrons. The summed E-state index contributed by atoms with van der Waals surface area (Å²) in [4.78, 5) is 36.7. The molecule has 0 spiro atoms. The van der Waals surface area contributed by atoms with Crippen molar-refractivity contribution < 1.29 is 37.6 Å². The Morgan fingerprint density at radius 1 is 1.15 bits per heavy atom. The Morgan fingerprint density at radius 3 is 2.45 bits per heavy atom. The summed E-state index contributed by atoms with van der Waals surface area (Å²) in [5, 5.41) is 10.4. The third-order valence-corrected chi connectivity index (χ3v) is 4.61. The fourth-order valence-electron chi connectivity index (χ4n) is 2.13. The van der Waals surface area contributed by atoms with Gasteiger partial charge in [-0.05, 0) is 38.1 Å². The number of phosphoric ester groups is 1. The maximum atomic E-state index is 12.3. The average Bonchev–Trinajstić information content (AvgIpc) is 2.73. The maximum absolute atomic E-state index is 12.3. The van der Waals surface area contributed by atoms with E-state index in [1.165, 1.54) is 44.2 Å². The Balaban J connectivity index is 2.15. The number of nitrogens with zero attached hydrogens (tertiary/aromatic N) is 3. The summed E-state index contributed by atoms with van der Waals surface area (Å²) in [6, 6.07) is 8.08. The second-order valence-electron chi connectivity index (χ2n) is 6.35. The molecule has 3 atom stereocenters. The van der Waals surface area contributed by atoms with Crippen molar-refractivity contribution in [1.82, 2.24) is 4.98 Å². The van der Waals surface area contributed by atoms with Crippen molar-refractivity contribution in [2.24, 2.45) is 16.0 Å². The van der Waals surface area contributed by atoms with Gasteiger partial charge < -0.3 is 30.8 Å². The Labute approximate surface area is 188 Å². The summed E-state index contributed by atoms with van der Waals surface area (Å²) in [6.45, 7) is 2.72. The first kappa shape index (κ1) is 25.7. The highest BCUT2D eigenvalue weighted by Gasteiger charge is 2.29. The fraction of sp³-hybridized carbons (Fsp3) is 0.278. The van der Waals surface area contributed by atoms with Gasteiger partial charge >= 0.3 is 14.0 Å². The number of rotatable bonds is 9. The maximum Gasteiger partial charge on any atom is 0.530 e. The van der Waals surface area contributed by atoms with Crippen molar-refractivity contribution in [2.75, 3.05) is 18.2 Å². The molecule has 0 saturated carbocycles. The molecule has 6 N–H and O–H groups in total. The number of hydrogen-bond acceptors (Lipinski definition) is 12. The van der Waals surface area contributed by atoms with Gasteiger partial charge in [0.15, 0.2) is 11.6 Å². The monoisotopic (exact) mass is 482 g/mol. The molecule has 0 bridgehead atoms. The molecule has 0 fully saturated rings. The summed E-state index contributed by atoms with van der Waals surface area (Å²) in [5.74, 6) is -0.447. The van der Waals surface area contributed by atoms with E-state index < -0.39 is 32.2 Å². The van der Waals surface area contributed by atoms with Gasteiger partial charge in [0.2, 0.25) is 12.2 Å². The number of amides is 1. The van der Waals surface area contributed by atoms with E-state index in [2.05, 4.69) is 30.0 Å². The van der Waals surface area contributed by atoms with Gasteiger partial charge in [0.05, 0.1) is 13.2 Å². The third kappa shape index (κ3) is 8.12. The van der Waals surface area contributed by atoms with E-state index in [9.17, 15) is 19.0 Å². The lowest BCUT2D eigenvalue weighted by Crippen LogP contribution is -2.32. The van der Waals surface area contributed by atoms with Gasteiger partial charge in [0.25, 0.3) is 0 Å². The first-order valence-corrected chi connectivity index (χ1v) is 10.8. The molecule has 2 rings (SSSR count). The van der Waals surface area contributed by atoms with Crippen LogP contribution < -0.4 is 21.3 Å². The second kappa shape index (κ2) is 11.3.